The van der Waals surface area contributed by atoms with E-state index in [0.29, 0.717) is 0 Å². The van der Waals surface area contributed by atoms with Crippen LogP contribution in [0.1, 0.15) is 18.4 Å². The number of benzene rings is 1. The van der Waals surface area contributed by atoms with Crippen molar-refractivity contribution in [1.82, 2.24) is 0 Å². The number of hydrogen-bond donors (Lipinski definition) is 0. The highest BCUT2D eigenvalue weighted by molar-refractivity contribution is 5.80. The fourth-order valence-corrected chi connectivity index (χ4v) is 1.90. The van der Waals surface area contributed by atoms with Crippen LogP contribution >= 0.6 is 0 Å². The van der Waals surface area contributed by atoms with Gasteiger partial charge < -0.3 is 4.90 Å². The molecular formula is C12H16N2. The minimum atomic E-state index is 1.18. The first-order chi connectivity index (χ1) is 6.90. The third-order valence-electron chi connectivity index (χ3n) is 2.64. The van der Waals surface area contributed by atoms with Gasteiger partial charge in [0.1, 0.15) is 0 Å². The summed E-state index contributed by atoms with van der Waals surface area (Å²) in [6.07, 6.45) is 4.55. The van der Waals surface area contributed by atoms with Gasteiger partial charge in [-0.3, -0.25) is 4.99 Å². The van der Waals surface area contributed by atoms with Crippen molar-refractivity contribution in [3.8, 4) is 0 Å². The van der Waals surface area contributed by atoms with Gasteiger partial charge >= 0.3 is 0 Å². The summed E-state index contributed by atoms with van der Waals surface area (Å²) < 4.78 is 0. The van der Waals surface area contributed by atoms with Crippen LogP contribution in [-0.2, 0) is 0 Å². The van der Waals surface area contributed by atoms with Gasteiger partial charge in [-0.15, -0.1) is 0 Å². The van der Waals surface area contributed by atoms with Crippen LogP contribution in [0.3, 0.4) is 0 Å². The van der Waals surface area contributed by atoms with Crippen LogP contribution < -0.4 is 4.90 Å². The van der Waals surface area contributed by atoms with E-state index in [1.54, 1.807) is 7.05 Å². The summed E-state index contributed by atoms with van der Waals surface area (Å²) in [5, 5.41) is 0. The Morgan fingerprint density at radius 3 is 2.36 bits per heavy atom. The van der Waals surface area contributed by atoms with Crippen molar-refractivity contribution in [1.29, 1.82) is 0 Å². The van der Waals surface area contributed by atoms with E-state index in [1.165, 1.54) is 37.2 Å². The molecule has 0 spiro atoms. The SMILES string of the molecule is C/N=C/c1ccc(N2CCCC2)cc1. The van der Waals surface area contributed by atoms with Gasteiger partial charge in [0, 0.05) is 32.0 Å². The number of aliphatic imine (C=N–C) groups is 1. The molecule has 2 nitrogen and oxygen atoms in total. The fourth-order valence-electron chi connectivity index (χ4n) is 1.90. The molecule has 0 unspecified atom stereocenters. The van der Waals surface area contributed by atoms with E-state index in [9.17, 15) is 0 Å². The lowest BCUT2D eigenvalue weighted by molar-refractivity contribution is 0.949. The predicted molar refractivity (Wildman–Crippen MR) is 61.4 cm³/mol. The first-order valence-corrected chi connectivity index (χ1v) is 5.17. The Morgan fingerprint density at radius 1 is 1.14 bits per heavy atom. The molecule has 0 aliphatic carbocycles. The second-order valence-electron chi connectivity index (χ2n) is 3.67. The number of nitrogens with zero attached hydrogens (tertiary/aromatic N) is 2. The number of hydrogen-bond acceptors (Lipinski definition) is 2. The van der Waals surface area contributed by atoms with Crippen molar-refractivity contribution < 1.29 is 0 Å². The zero-order chi connectivity index (χ0) is 9.80. The average Bonchev–Trinajstić information content (AvgIpc) is 2.72. The smallest absolute Gasteiger partial charge is 0.0366 e. The molecule has 0 bridgehead atoms. The lowest BCUT2D eigenvalue weighted by atomic mass is 10.2. The Balaban J connectivity index is 2.12. The summed E-state index contributed by atoms with van der Waals surface area (Å²) in [6.45, 7) is 2.42. The summed E-state index contributed by atoms with van der Waals surface area (Å²) >= 11 is 0. The summed E-state index contributed by atoms with van der Waals surface area (Å²) in [5.41, 5.74) is 2.52. The summed E-state index contributed by atoms with van der Waals surface area (Å²) in [6, 6.07) is 8.62. The maximum atomic E-state index is 3.99. The quantitative estimate of drug-likeness (QED) is 0.650. The third kappa shape index (κ3) is 1.95. The molecule has 74 valence electrons. The van der Waals surface area contributed by atoms with Crippen molar-refractivity contribution in [3.63, 3.8) is 0 Å². The van der Waals surface area contributed by atoms with Crippen LogP contribution in [0.4, 0.5) is 5.69 Å². The molecule has 1 heterocycles. The van der Waals surface area contributed by atoms with E-state index in [2.05, 4.69) is 34.2 Å². The molecule has 0 aromatic heterocycles. The summed E-state index contributed by atoms with van der Waals surface area (Å²) in [7, 11) is 1.80. The molecule has 0 N–H and O–H groups in total. The van der Waals surface area contributed by atoms with Gasteiger partial charge in [0.15, 0.2) is 0 Å². The highest BCUT2D eigenvalue weighted by atomic mass is 15.1. The zero-order valence-electron chi connectivity index (χ0n) is 8.61. The third-order valence-corrected chi connectivity index (χ3v) is 2.64. The van der Waals surface area contributed by atoms with E-state index in [-0.39, 0.29) is 0 Å². The van der Waals surface area contributed by atoms with Crippen LogP contribution in [0.5, 0.6) is 0 Å². The molecule has 1 aromatic carbocycles. The average molecular weight is 188 g/mol. The highest BCUT2D eigenvalue weighted by Gasteiger charge is 2.11. The molecular weight excluding hydrogens is 172 g/mol. The van der Waals surface area contributed by atoms with Gasteiger partial charge in [-0.05, 0) is 30.5 Å². The summed E-state index contributed by atoms with van der Waals surface area (Å²) in [5.74, 6) is 0. The molecule has 1 aromatic rings. The molecule has 1 saturated heterocycles. The Hall–Kier alpha value is -1.31. The van der Waals surface area contributed by atoms with Gasteiger partial charge in [0.2, 0.25) is 0 Å². The van der Waals surface area contributed by atoms with Crippen LogP contribution in [0.25, 0.3) is 0 Å². The second-order valence-corrected chi connectivity index (χ2v) is 3.67. The van der Waals surface area contributed by atoms with Crippen molar-refractivity contribution in [3.05, 3.63) is 29.8 Å². The van der Waals surface area contributed by atoms with Gasteiger partial charge in [0.25, 0.3) is 0 Å². The maximum absolute atomic E-state index is 3.99. The number of rotatable bonds is 2. The predicted octanol–water partition coefficient (Wildman–Crippen LogP) is 2.34. The molecule has 0 radical (unpaired) electrons. The Morgan fingerprint density at radius 2 is 1.79 bits per heavy atom. The molecule has 1 fully saturated rings. The minimum absolute atomic E-state index is 1.18. The Bertz CT molecular complexity index is 308. The van der Waals surface area contributed by atoms with Gasteiger partial charge in [-0.25, -0.2) is 0 Å². The second kappa shape index (κ2) is 4.27. The lowest BCUT2D eigenvalue weighted by Crippen LogP contribution is -2.17. The monoisotopic (exact) mass is 188 g/mol. The molecule has 0 saturated carbocycles. The largest absolute Gasteiger partial charge is 0.372 e. The van der Waals surface area contributed by atoms with E-state index in [0.717, 1.165) is 0 Å². The first-order valence-electron chi connectivity index (χ1n) is 5.17. The molecule has 14 heavy (non-hydrogen) atoms. The molecule has 2 heteroatoms. The Labute approximate surface area is 85.3 Å². The van der Waals surface area contributed by atoms with Crippen LogP contribution in [0, 0.1) is 0 Å². The van der Waals surface area contributed by atoms with E-state index in [4.69, 9.17) is 0 Å². The lowest BCUT2D eigenvalue weighted by Gasteiger charge is -2.17. The molecule has 0 atom stereocenters. The van der Waals surface area contributed by atoms with Crippen molar-refractivity contribution >= 4 is 11.9 Å². The molecule has 0 amide bonds. The van der Waals surface area contributed by atoms with Gasteiger partial charge in [-0.1, -0.05) is 12.1 Å². The van der Waals surface area contributed by atoms with Crippen LogP contribution in [0.2, 0.25) is 0 Å². The fraction of sp³-hybridized carbons (Fsp3) is 0.417. The van der Waals surface area contributed by atoms with E-state index >= 15 is 0 Å². The van der Waals surface area contributed by atoms with E-state index < -0.39 is 0 Å². The standard InChI is InChI=1S/C12H16N2/c1-13-10-11-4-6-12(7-5-11)14-8-2-3-9-14/h4-7,10H,2-3,8-9H2,1H3/b13-10+. The van der Waals surface area contributed by atoms with Gasteiger partial charge in [0.05, 0.1) is 0 Å². The Kier molecular flexibility index (Phi) is 2.82. The highest BCUT2D eigenvalue weighted by Crippen LogP contribution is 2.19. The zero-order valence-corrected chi connectivity index (χ0v) is 8.61. The first kappa shape index (κ1) is 9.25. The molecule has 1 aliphatic heterocycles. The minimum Gasteiger partial charge on any atom is -0.372 e. The normalized spacial score (nSPS) is 16.8. The van der Waals surface area contributed by atoms with Crippen molar-refractivity contribution in [2.45, 2.75) is 12.8 Å². The number of anilines is 1. The van der Waals surface area contributed by atoms with Crippen LogP contribution in [-0.4, -0.2) is 26.4 Å². The van der Waals surface area contributed by atoms with Crippen molar-refractivity contribution in [2.24, 2.45) is 4.99 Å². The topological polar surface area (TPSA) is 15.6 Å². The molecule has 1 aliphatic rings. The van der Waals surface area contributed by atoms with E-state index in [1.807, 2.05) is 6.21 Å². The van der Waals surface area contributed by atoms with Gasteiger partial charge in [-0.2, -0.15) is 0 Å². The summed E-state index contributed by atoms with van der Waals surface area (Å²) in [4.78, 5) is 6.43. The van der Waals surface area contributed by atoms with Crippen LogP contribution in [0.15, 0.2) is 29.3 Å². The molecule has 2 rings (SSSR count). The van der Waals surface area contributed by atoms with Crippen molar-refractivity contribution in [2.75, 3.05) is 25.0 Å². The maximum Gasteiger partial charge on any atom is 0.0366 e.